The van der Waals surface area contributed by atoms with Gasteiger partial charge in [0.05, 0.1) is 22.1 Å². The number of nitrogens with zero attached hydrogens (tertiary/aromatic N) is 2. The molecule has 0 aliphatic heterocycles. The summed E-state index contributed by atoms with van der Waals surface area (Å²) in [6, 6.07) is 91.8. The molecular weight excluding hydrogens is 813 g/mol. The highest BCUT2D eigenvalue weighted by atomic mass is 16.3. The predicted octanol–water partition coefficient (Wildman–Crippen LogP) is 18.0. The number of hydrogen-bond donors (Lipinski definition) is 0. The molecule has 13 rings (SSSR count). The molecule has 0 amide bonds. The molecule has 0 atom stereocenters. The SMILES string of the molecule is c1ccc(-c2ccc(N(c3ccc(-c4ccc5ccccc5c4)cc3)c3ccc(-c4ccccc4-c4cccc5c4c4ccccc4n5-c4ccccc4)cc3)c3c2oc2ccccc23)cc1. The van der Waals surface area contributed by atoms with Crippen molar-refractivity contribution in [1.82, 2.24) is 4.57 Å². The lowest BCUT2D eigenvalue weighted by Crippen LogP contribution is -2.10. The van der Waals surface area contributed by atoms with Crippen LogP contribution in [0.2, 0.25) is 0 Å². The summed E-state index contributed by atoms with van der Waals surface area (Å²) in [7, 11) is 0. The van der Waals surface area contributed by atoms with Crippen LogP contribution in [-0.4, -0.2) is 4.57 Å². The van der Waals surface area contributed by atoms with Crippen LogP contribution in [0.3, 0.4) is 0 Å². The summed E-state index contributed by atoms with van der Waals surface area (Å²) in [6.07, 6.45) is 0. The van der Waals surface area contributed by atoms with Crippen LogP contribution < -0.4 is 4.90 Å². The van der Waals surface area contributed by atoms with Crippen LogP contribution in [0, 0.1) is 0 Å². The Morgan fingerprint density at radius 3 is 1.70 bits per heavy atom. The standard InChI is InChI=1S/C64H42N2O/c1-3-17-45(18-4-1)53-40-41-60(63-57-25-12-14-29-61(57)67-64(53)63)65(50-36-32-44(33-37-50)48-31-30-43-16-7-8-19-47(43)42-48)51-38-34-46(35-39-51)52-22-9-10-23-54(52)55-26-15-28-59-62(55)56-24-11-13-27-58(56)66(59)49-20-5-2-6-21-49/h1-42H. The van der Waals surface area contributed by atoms with Crippen LogP contribution in [0.25, 0.3) is 105 Å². The third kappa shape index (κ3) is 6.51. The monoisotopic (exact) mass is 854 g/mol. The summed E-state index contributed by atoms with van der Waals surface area (Å²) in [5, 5.41) is 7.11. The average molecular weight is 855 g/mol. The molecule has 0 unspecified atom stereocenters. The molecule has 2 aromatic heterocycles. The summed E-state index contributed by atoms with van der Waals surface area (Å²) in [5.41, 5.74) is 17.7. The van der Waals surface area contributed by atoms with Crippen molar-refractivity contribution in [3.63, 3.8) is 0 Å². The highest BCUT2D eigenvalue weighted by Gasteiger charge is 2.23. The van der Waals surface area contributed by atoms with Crippen molar-refractivity contribution in [3.05, 3.63) is 255 Å². The average Bonchev–Trinajstić information content (AvgIpc) is 3.97. The van der Waals surface area contributed by atoms with Gasteiger partial charge < -0.3 is 13.9 Å². The van der Waals surface area contributed by atoms with E-state index in [0.717, 1.165) is 61.4 Å². The minimum absolute atomic E-state index is 0.864. The fraction of sp³-hybridized carbons (Fsp3) is 0. The number of aromatic nitrogens is 1. The molecule has 0 spiro atoms. The number of benzene rings is 11. The molecule has 2 heterocycles. The van der Waals surface area contributed by atoms with Gasteiger partial charge in [-0.25, -0.2) is 0 Å². The highest BCUT2D eigenvalue weighted by molar-refractivity contribution is 6.18. The Hall–Kier alpha value is -8.92. The number of anilines is 3. The zero-order valence-electron chi connectivity index (χ0n) is 36.6. The van der Waals surface area contributed by atoms with Gasteiger partial charge in [-0.1, -0.05) is 182 Å². The van der Waals surface area contributed by atoms with E-state index in [2.05, 4.69) is 258 Å². The Kier molecular flexibility index (Phi) is 9.17. The Balaban J connectivity index is 0.968. The van der Waals surface area contributed by atoms with Crippen LogP contribution in [0.1, 0.15) is 0 Å². The maximum absolute atomic E-state index is 6.80. The lowest BCUT2D eigenvalue weighted by Gasteiger charge is -2.27. The van der Waals surface area contributed by atoms with Crippen molar-refractivity contribution < 1.29 is 4.42 Å². The van der Waals surface area contributed by atoms with Gasteiger partial charge in [-0.15, -0.1) is 0 Å². The lowest BCUT2D eigenvalue weighted by molar-refractivity contribution is 0.670. The lowest BCUT2D eigenvalue weighted by atomic mass is 9.92. The third-order valence-corrected chi connectivity index (χ3v) is 13.4. The van der Waals surface area contributed by atoms with Crippen molar-refractivity contribution >= 4 is 71.6 Å². The Bertz CT molecular complexity index is 3960. The van der Waals surface area contributed by atoms with Gasteiger partial charge in [0, 0.05) is 38.8 Å². The van der Waals surface area contributed by atoms with E-state index in [0.29, 0.717) is 0 Å². The molecule has 0 fully saturated rings. The fourth-order valence-electron chi connectivity index (χ4n) is 10.3. The van der Waals surface area contributed by atoms with Crippen LogP contribution in [0.15, 0.2) is 259 Å². The van der Waals surface area contributed by atoms with Gasteiger partial charge in [-0.2, -0.15) is 0 Å². The Labute approximate surface area is 388 Å². The molecule has 11 aromatic carbocycles. The van der Waals surface area contributed by atoms with E-state index in [-0.39, 0.29) is 0 Å². The summed E-state index contributed by atoms with van der Waals surface area (Å²) in [6.45, 7) is 0. The van der Waals surface area contributed by atoms with Crippen molar-refractivity contribution in [1.29, 1.82) is 0 Å². The molecule has 0 bridgehead atoms. The van der Waals surface area contributed by atoms with Gasteiger partial charge in [0.15, 0.2) is 0 Å². The minimum atomic E-state index is 0.864. The second-order valence-electron chi connectivity index (χ2n) is 17.2. The maximum Gasteiger partial charge on any atom is 0.145 e. The number of fused-ring (bicyclic) bond motifs is 7. The summed E-state index contributed by atoms with van der Waals surface area (Å²) in [4.78, 5) is 2.39. The summed E-state index contributed by atoms with van der Waals surface area (Å²) in [5.74, 6) is 0. The molecule has 0 radical (unpaired) electrons. The van der Waals surface area contributed by atoms with Gasteiger partial charge >= 0.3 is 0 Å². The van der Waals surface area contributed by atoms with Crippen molar-refractivity contribution in [3.8, 4) is 50.2 Å². The molecule has 314 valence electrons. The molecule has 0 saturated heterocycles. The van der Waals surface area contributed by atoms with Crippen molar-refractivity contribution in [2.45, 2.75) is 0 Å². The van der Waals surface area contributed by atoms with Gasteiger partial charge in [0.25, 0.3) is 0 Å². The second kappa shape index (κ2) is 16.0. The van der Waals surface area contributed by atoms with E-state index in [4.69, 9.17) is 4.42 Å². The normalized spacial score (nSPS) is 11.6. The molecule has 0 aliphatic rings. The molecule has 0 N–H and O–H groups in total. The van der Waals surface area contributed by atoms with Crippen molar-refractivity contribution in [2.24, 2.45) is 0 Å². The molecule has 3 nitrogen and oxygen atoms in total. The van der Waals surface area contributed by atoms with Crippen LogP contribution in [0.4, 0.5) is 17.1 Å². The Morgan fingerprint density at radius 1 is 0.328 bits per heavy atom. The van der Waals surface area contributed by atoms with Crippen molar-refractivity contribution in [2.75, 3.05) is 4.90 Å². The van der Waals surface area contributed by atoms with E-state index < -0.39 is 0 Å². The summed E-state index contributed by atoms with van der Waals surface area (Å²) < 4.78 is 9.19. The first-order chi connectivity index (χ1) is 33.2. The van der Waals surface area contributed by atoms with E-state index in [1.807, 2.05) is 6.07 Å². The van der Waals surface area contributed by atoms with E-state index in [9.17, 15) is 0 Å². The van der Waals surface area contributed by atoms with Crippen LogP contribution >= 0.6 is 0 Å². The first-order valence-electron chi connectivity index (χ1n) is 22.9. The first-order valence-corrected chi connectivity index (χ1v) is 22.9. The number of hydrogen-bond acceptors (Lipinski definition) is 2. The molecule has 67 heavy (non-hydrogen) atoms. The van der Waals surface area contributed by atoms with Crippen LogP contribution in [-0.2, 0) is 0 Å². The van der Waals surface area contributed by atoms with E-state index in [1.54, 1.807) is 0 Å². The molecule has 3 heteroatoms. The number of rotatable bonds is 8. The Morgan fingerprint density at radius 2 is 0.910 bits per heavy atom. The largest absolute Gasteiger partial charge is 0.455 e. The second-order valence-corrected chi connectivity index (χ2v) is 17.2. The topological polar surface area (TPSA) is 21.3 Å². The van der Waals surface area contributed by atoms with Gasteiger partial charge in [0.1, 0.15) is 11.2 Å². The summed E-state index contributed by atoms with van der Waals surface area (Å²) >= 11 is 0. The van der Waals surface area contributed by atoms with Crippen LogP contribution in [0.5, 0.6) is 0 Å². The number of para-hydroxylation sites is 3. The molecule has 13 aromatic rings. The molecule has 0 aliphatic carbocycles. The van der Waals surface area contributed by atoms with Gasteiger partial charge in [-0.05, 0) is 123 Å². The van der Waals surface area contributed by atoms with Gasteiger partial charge in [0.2, 0.25) is 0 Å². The number of furan rings is 1. The van der Waals surface area contributed by atoms with Gasteiger partial charge in [-0.3, -0.25) is 0 Å². The predicted molar refractivity (Wildman–Crippen MR) is 282 cm³/mol. The zero-order valence-corrected chi connectivity index (χ0v) is 36.6. The molecule has 0 saturated carbocycles. The third-order valence-electron chi connectivity index (χ3n) is 13.4. The first kappa shape index (κ1) is 38.5. The molecular formula is C64H42N2O. The quantitative estimate of drug-likeness (QED) is 0.152. The minimum Gasteiger partial charge on any atom is -0.455 e. The highest BCUT2D eigenvalue weighted by Crippen LogP contribution is 2.47. The van der Waals surface area contributed by atoms with E-state index >= 15 is 0 Å². The zero-order chi connectivity index (χ0) is 44.3. The smallest absolute Gasteiger partial charge is 0.145 e. The fourth-order valence-corrected chi connectivity index (χ4v) is 10.3. The van der Waals surface area contributed by atoms with E-state index in [1.165, 1.54) is 60.4 Å². The maximum atomic E-state index is 6.80.